The van der Waals surface area contributed by atoms with Crippen LogP contribution in [0.5, 0.6) is 11.5 Å². The molecule has 0 atom stereocenters. The van der Waals surface area contributed by atoms with Gasteiger partial charge < -0.3 is 14.4 Å². The topological polar surface area (TPSA) is 42.0 Å². The summed E-state index contributed by atoms with van der Waals surface area (Å²) in [5.74, 6) is 1.80. The number of fused-ring (bicyclic) bond motifs is 3. The largest absolute Gasteiger partial charge is 0.478 e. The molecule has 0 spiro atoms. The van der Waals surface area contributed by atoms with Gasteiger partial charge in [0.05, 0.1) is 11.1 Å². The highest BCUT2D eigenvalue weighted by Gasteiger charge is 2.35. The maximum Gasteiger partial charge on any atom is 0.232 e. The average molecular weight is 407 g/mol. The molecule has 2 aromatic rings. The Kier molecular flexibility index (Phi) is 5.56. The smallest absolute Gasteiger partial charge is 0.232 e. The first kappa shape index (κ1) is 20.5. The number of nitrogens with zero attached hydrogens (tertiary/aromatic N) is 2. The van der Waals surface area contributed by atoms with Crippen LogP contribution in [0.3, 0.4) is 0 Å². The number of benzene rings is 2. The summed E-state index contributed by atoms with van der Waals surface area (Å²) in [4.78, 5) is 17.6. The number of carbonyl (C=O) groups excluding carboxylic acids is 1. The van der Waals surface area contributed by atoms with E-state index in [0.29, 0.717) is 29.8 Å². The molecular weight excluding hydrogens is 376 g/mol. The highest BCUT2D eigenvalue weighted by molar-refractivity contribution is 6.15. The zero-order valence-corrected chi connectivity index (χ0v) is 18.5. The molecule has 0 aliphatic carbocycles. The summed E-state index contributed by atoms with van der Waals surface area (Å²) in [6.07, 6.45) is 1.84. The zero-order valence-electron chi connectivity index (χ0n) is 18.5. The predicted molar refractivity (Wildman–Crippen MR) is 120 cm³/mol. The fourth-order valence-electron chi connectivity index (χ4n) is 4.10. The first-order valence-corrected chi connectivity index (χ1v) is 10.8. The van der Waals surface area contributed by atoms with Crippen LogP contribution < -0.4 is 14.4 Å². The Labute approximate surface area is 178 Å². The van der Waals surface area contributed by atoms with E-state index < -0.39 is 0 Å². The molecule has 0 fully saturated rings. The van der Waals surface area contributed by atoms with Crippen LogP contribution in [0.25, 0.3) is 6.08 Å². The van der Waals surface area contributed by atoms with Crippen LogP contribution in [-0.2, 0) is 6.54 Å². The molecule has 5 heteroatoms. The first-order valence-electron chi connectivity index (χ1n) is 10.8. The summed E-state index contributed by atoms with van der Waals surface area (Å²) < 4.78 is 12.1. The van der Waals surface area contributed by atoms with Crippen molar-refractivity contribution in [2.24, 2.45) is 0 Å². The van der Waals surface area contributed by atoms with Crippen LogP contribution >= 0.6 is 0 Å². The van der Waals surface area contributed by atoms with Gasteiger partial charge in [0.25, 0.3) is 0 Å². The lowest BCUT2D eigenvalue weighted by atomic mass is 9.98. The molecule has 2 aliphatic rings. The fraction of sp³-hybridized carbons (Fsp3) is 0.400. The fourth-order valence-corrected chi connectivity index (χ4v) is 4.10. The van der Waals surface area contributed by atoms with Crippen LogP contribution in [0.2, 0.25) is 0 Å². The summed E-state index contributed by atoms with van der Waals surface area (Å²) in [7, 11) is 0. The van der Waals surface area contributed by atoms with Gasteiger partial charge in [-0.1, -0.05) is 12.1 Å². The van der Waals surface area contributed by atoms with Crippen molar-refractivity contribution in [1.82, 2.24) is 4.90 Å². The minimum absolute atomic E-state index is 0.0558. The second-order valence-electron chi connectivity index (χ2n) is 8.19. The van der Waals surface area contributed by atoms with E-state index in [1.165, 1.54) is 5.69 Å². The summed E-state index contributed by atoms with van der Waals surface area (Å²) in [6.45, 7) is 13.7. The minimum Gasteiger partial charge on any atom is -0.478 e. The molecule has 0 unspecified atom stereocenters. The third-order valence-electron chi connectivity index (χ3n) is 6.00. The average Bonchev–Trinajstić information content (AvgIpc) is 3.07. The molecule has 2 heterocycles. The highest BCUT2D eigenvalue weighted by atomic mass is 16.5. The molecule has 158 valence electrons. The molecule has 0 N–H and O–H groups in total. The van der Waals surface area contributed by atoms with Crippen LogP contribution in [0, 0.1) is 6.92 Å². The van der Waals surface area contributed by atoms with Gasteiger partial charge in [-0.3, -0.25) is 9.69 Å². The van der Waals surface area contributed by atoms with Gasteiger partial charge in [0.1, 0.15) is 18.2 Å². The molecule has 0 saturated carbocycles. The Morgan fingerprint density at radius 2 is 1.87 bits per heavy atom. The maximum absolute atomic E-state index is 13.1. The molecule has 0 radical (unpaired) electrons. The Hall–Kier alpha value is -2.79. The van der Waals surface area contributed by atoms with Gasteiger partial charge in [-0.2, -0.15) is 0 Å². The van der Waals surface area contributed by atoms with Crippen molar-refractivity contribution in [3.63, 3.8) is 0 Å². The van der Waals surface area contributed by atoms with Gasteiger partial charge in [-0.05, 0) is 70.0 Å². The van der Waals surface area contributed by atoms with Gasteiger partial charge in [0.15, 0.2) is 5.76 Å². The van der Waals surface area contributed by atoms with Crippen LogP contribution in [-0.4, -0.2) is 36.5 Å². The van der Waals surface area contributed by atoms with Crippen molar-refractivity contribution in [2.75, 3.05) is 24.7 Å². The standard InChI is InChI=1S/C25H30N2O3/c1-6-26(7-2)19-10-8-18(9-11-19)13-22-24(28)23-17(5)12-21-20(25(23)30-22)14-27(15-29-21)16(3)4/h8-13,16H,6-7,14-15H2,1-5H3/b22-13-. The van der Waals surface area contributed by atoms with Crippen LogP contribution in [0.4, 0.5) is 5.69 Å². The van der Waals surface area contributed by atoms with Gasteiger partial charge >= 0.3 is 0 Å². The number of aryl methyl sites for hydroxylation is 1. The number of hydrogen-bond acceptors (Lipinski definition) is 5. The second-order valence-corrected chi connectivity index (χ2v) is 8.19. The third-order valence-corrected chi connectivity index (χ3v) is 6.00. The Bertz CT molecular complexity index is 988. The predicted octanol–water partition coefficient (Wildman–Crippen LogP) is 5.02. The van der Waals surface area contributed by atoms with E-state index >= 15 is 0 Å². The molecule has 30 heavy (non-hydrogen) atoms. The van der Waals surface area contributed by atoms with Crippen molar-refractivity contribution < 1.29 is 14.3 Å². The lowest BCUT2D eigenvalue weighted by molar-refractivity contribution is 0.0673. The summed E-state index contributed by atoms with van der Waals surface area (Å²) in [6, 6.07) is 10.6. The second kappa shape index (κ2) is 8.15. The van der Waals surface area contributed by atoms with Crippen molar-refractivity contribution in [3.05, 3.63) is 58.3 Å². The van der Waals surface area contributed by atoms with Crippen molar-refractivity contribution >= 4 is 17.5 Å². The zero-order chi connectivity index (χ0) is 21.4. The molecule has 0 saturated heterocycles. The van der Waals surface area contributed by atoms with E-state index in [1.807, 2.05) is 31.2 Å². The third kappa shape index (κ3) is 3.58. The number of ether oxygens (including phenoxy) is 2. The number of hydrogen-bond donors (Lipinski definition) is 0. The van der Waals surface area contributed by atoms with Gasteiger partial charge in [-0.25, -0.2) is 0 Å². The number of Topliss-reactive ketones (excluding diaryl/α,β-unsaturated/α-hetero) is 1. The quantitative estimate of drug-likeness (QED) is 0.653. The van der Waals surface area contributed by atoms with Gasteiger partial charge in [0, 0.05) is 31.4 Å². The minimum atomic E-state index is -0.0558. The lowest BCUT2D eigenvalue weighted by Gasteiger charge is -2.32. The van der Waals surface area contributed by atoms with E-state index in [4.69, 9.17) is 9.47 Å². The Morgan fingerprint density at radius 1 is 1.17 bits per heavy atom. The van der Waals surface area contributed by atoms with E-state index in [1.54, 1.807) is 0 Å². The molecule has 2 aromatic carbocycles. The van der Waals surface area contributed by atoms with Gasteiger partial charge in [0.2, 0.25) is 5.78 Å². The lowest BCUT2D eigenvalue weighted by Crippen LogP contribution is -2.37. The Morgan fingerprint density at radius 3 is 2.50 bits per heavy atom. The van der Waals surface area contributed by atoms with Gasteiger partial charge in [-0.15, -0.1) is 0 Å². The highest BCUT2D eigenvalue weighted by Crippen LogP contribution is 2.44. The number of ketones is 1. The van der Waals surface area contributed by atoms with E-state index in [2.05, 4.69) is 49.6 Å². The number of anilines is 1. The number of rotatable bonds is 5. The first-order chi connectivity index (χ1) is 14.4. The summed E-state index contributed by atoms with van der Waals surface area (Å²) in [5, 5.41) is 0. The van der Waals surface area contributed by atoms with Crippen molar-refractivity contribution in [2.45, 2.75) is 47.2 Å². The van der Waals surface area contributed by atoms with Crippen molar-refractivity contribution in [1.29, 1.82) is 0 Å². The molecule has 0 aromatic heterocycles. The number of allylic oxidation sites excluding steroid dienone is 1. The summed E-state index contributed by atoms with van der Waals surface area (Å²) >= 11 is 0. The SMILES string of the molecule is CCN(CC)c1ccc(/C=C2\Oc3c4c(cc(C)c3C2=O)OCN(C(C)C)C4)cc1. The number of carbonyl (C=O) groups is 1. The molecule has 2 aliphatic heterocycles. The molecule has 4 rings (SSSR count). The molecule has 5 nitrogen and oxygen atoms in total. The molecule has 0 amide bonds. The van der Waals surface area contributed by atoms with Crippen LogP contribution in [0.1, 0.15) is 54.7 Å². The van der Waals surface area contributed by atoms with E-state index in [-0.39, 0.29) is 5.78 Å². The van der Waals surface area contributed by atoms with Crippen LogP contribution in [0.15, 0.2) is 36.1 Å². The van der Waals surface area contributed by atoms with E-state index in [9.17, 15) is 4.79 Å². The monoisotopic (exact) mass is 406 g/mol. The molecule has 0 bridgehead atoms. The maximum atomic E-state index is 13.1. The van der Waals surface area contributed by atoms with E-state index in [0.717, 1.165) is 42.1 Å². The summed E-state index contributed by atoms with van der Waals surface area (Å²) in [5.41, 5.74) is 4.65. The molecular formula is C25H30N2O3. The Balaban J connectivity index is 1.65. The normalized spacial score (nSPS) is 17.0. The van der Waals surface area contributed by atoms with Crippen molar-refractivity contribution in [3.8, 4) is 11.5 Å².